The van der Waals surface area contributed by atoms with Gasteiger partial charge in [0, 0.05) is 32.9 Å². The molecule has 0 saturated carbocycles. The molecule has 0 spiro atoms. The topological polar surface area (TPSA) is 94.2 Å². The van der Waals surface area contributed by atoms with Gasteiger partial charge in [-0.15, -0.1) is 0 Å². The summed E-state index contributed by atoms with van der Waals surface area (Å²) in [5.41, 5.74) is 0.809. The molecule has 2 aromatic carbocycles. The highest BCUT2D eigenvalue weighted by Gasteiger charge is 2.23. The second-order valence-corrected chi connectivity index (χ2v) is 8.35. The van der Waals surface area contributed by atoms with Crippen molar-refractivity contribution in [2.45, 2.75) is 11.3 Å². The van der Waals surface area contributed by atoms with Gasteiger partial charge in [0.05, 0.1) is 30.9 Å². The number of carbonyl (C=O) groups excluding carboxylic acids is 1. The molecule has 30 heavy (non-hydrogen) atoms. The number of ether oxygens (including phenoxy) is 3. The lowest BCUT2D eigenvalue weighted by Gasteiger charge is -2.21. The Kier molecular flexibility index (Phi) is 9.10. The van der Waals surface area contributed by atoms with Gasteiger partial charge in [-0.1, -0.05) is 12.1 Å². The number of para-hydroxylation sites is 2. The van der Waals surface area contributed by atoms with Crippen molar-refractivity contribution in [3.8, 4) is 5.75 Å². The van der Waals surface area contributed by atoms with Crippen molar-refractivity contribution in [3.05, 3.63) is 54.1 Å². The number of methoxy groups -OCH3 is 2. The Morgan fingerprint density at radius 3 is 2.37 bits per heavy atom. The monoisotopic (exact) mass is 436 g/mol. The minimum Gasteiger partial charge on any atom is -0.495 e. The molecule has 8 nitrogen and oxygen atoms in total. The normalized spacial score (nSPS) is 11.2. The third-order valence-corrected chi connectivity index (χ3v) is 6.17. The Balaban J connectivity index is 1.98. The minimum atomic E-state index is -3.80. The standard InChI is InChI=1S/C21H28N2O6S/c1-23(19-7-4-5-8-20(19)28-3)30(25,26)18-11-9-17(10-12-18)21(24)22-13-6-14-29-16-15-27-2/h4-5,7-12H,6,13-16H2,1-3H3,(H,22,24). The summed E-state index contributed by atoms with van der Waals surface area (Å²) in [5, 5.41) is 2.79. The van der Waals surface area contributed by atoms with Gasteiger partial charge in [-0.05, 0) is 42.8 Å². The van der Waals surface area contributed by atoms with E-state index in [0.29, 0.717) is 49.8 Å². The molecule has 2 aromatic rings. The van der Waals surface area contributed by atoms with Crippen LogP contribution in [0.3, 0.4) is 0 Å². The van der Waals surface area contributed by atoms with E-state index in [2.05, 4.69) is 5.32 Å². The fourth-order valence-electron chi connectivity index (χ4n) is 2.68. The SMILES string of the molecule is COCCOCCCNC(=O)c1ccc(S(=O)(=O)N(C)c2ccccc2OC)cc1. The second-order valence-electron chi connectivity index (χ2n) is 6.38. The summed E-state index contributed by atoms with van der Waals surface area (Å²) in [6.45, 7) is 2.04. The van der Waals surface area contributed by atoms with Crippen LogP contribution in [0.25, 0.3) is 0 Å². The van der Waals surface area contributed by atoms with E-state index in [0.717, 1.165) is 4.31 Å². The summed E-state index contributed by atoms with van der Waals surface area (Å²) in [7, 11) is 0.749. The zero-order valence-electron chi connectivity index (χ0n) is 17.5. The molecule has 0 aliphatic carbocycles. The molecule has 0 fully saturated rings. The van der Waals surface area contributed by atoms with Crippen LogP contribution in [0.4, 0.5) is 5.69 Å². The molecule has 0 saturated heterocycles. The maximum absolute atomic E-state index is 12.9. The van der Waals surface area contributed by atoms with Gasteiger partial charge in [0.1, 0.15) is 5.75 Å². The van der Waals surface area contributed by atoms with Crippen LogP contribution in [0, 0.1) is 0 Å². The van der Waals surface area contributed by atoms with Crippen LogP contribution in [0.2, 0.25) is 0 Å². The van der Waals surface area contributed by atoms with E-state index < -0.39 is 10.0 Å². The first kappa shape index (κ1) is 23.7. The Morgan fingerprint density at radius 2 is 1.70 bits per heavy atom. The average molecular weight is 437 g/mol. The average Bonchev–Trinajstić information content (AvgIpc) is 2.77. The van der Waals surface area contributed by atoms with E-state index in [1.807, 2.05) is 0 Å². The maximum Gasteiger partial charge on any atom is 0.264 e. The molecular weight excluding hydrogens is 408 g/mol. The molecule has 1 N–H and O–H groups in total. The van der Waals surface area contributed by atoms with Crippen LogP contribution < -0.4 is 14.4 Å². The number of sulfonamides is 1. The summed E-state index contributed by atoms with van der Waals surface area (Å²) < 4.78 is 42.5. The van der Waals surface area contributed by atoms with E-state index in [9.17, 15) is 13.2 Å². The van der Waals surface area contributed by atoms with Crippen LogP contribution in [0.5, 0.6) is 5.75 Å². The summed E-state index contributed by atoms with van der Waals surface area (Å²) in [4.78, 5) is 12.3. The number of benzene rings is 2. The molecule has 1 amide bonds. The van der Waals surface area contributed by atoms with Gasteiger partial charge in [0.25, 0.3) is 15.9 Å². The molecule has 0 heterocycles. The molecule has 0 bridgehead atoms. The van der Waals surface area contributed by atoms with Gasteiger partial charge in [-0.25, -0.2) is 8.42 Å². The molecule has 9 heteroatoms. The summed E-state index contributed by atoms with van der Waals surface area (Å²) in [5.74, 6) is 0.180. The summed E-state index contributed by atoms with van der Waals surface area (Å²) in [6.07, 6.45) is 0.672. The number of anilines is 1. The molecule has 164 valence electrons. The molecule has 0 unspecified atom stereocenters. The summed E-state index contributed by atoms with van der Waals surface area (Å²) in [6, 6.07) is 12.7. The first-order valence-corrected chi connectivity index (χ1v) is 10.9. The van der Waals surface area contributed by atoms with Crippen LogP contribution >= 0.6 is 0 Å². The third kappa shape index (κ3) is 6.19. The number of rotatable bonds is 12. The molecule has 0 aromatic heterocycles. The van der Waals surface area contributed by atoms with Gasteiger partial charge in [0.15, 0.2) is 0 Å². The summed E-state index contributed by atoms with van der Waals surface area (Å²) >= 11 is 0. The fourth-order valence-corrected chi connectivity index (χ4v) is 3.88. The number of nitrogens with one attached hydrogen (secondary N) is 1. The van der Waals surface area contributed by atoms with E-state index in [4.69, 9.17) is 14.2 Å². The highest BCUT2D eigenvalue weighted by atomic mass is 32.2. The fraction of sp³-hybridized carbons (Fsp3) is 0.381. The first-order chi connectivity index (χ1) is 14.4. The highest BCUT2D eigenvalue weighted by molar-refractivity contribution is 7.92. The Labute approximate surface area is 177 Å². The van der Waals surface area contributed by atoms with Crippen molar-refractivity contribution in [1.82, 2.24) is 5.32 Å². The van der Waals surface area contributed by atoms with E-state index >= 15 is 0 Å². The van der Waals surface area contributed by atoms with E-state index in [1.54, 1.807) is 31.4 Å². The Bertz CT molecular complexity index is 915. The number of carbonyl (C=O) groups is 1. The van der Waals surface area contributed by atoms with Crippen molar-refractivity contribution in [2.24, 2.45) is 0 Å². The van der Waals surface area contributed by atoms with Gasteiger partial charge >= 0.3 is 0 Å². The van der Waals surface area contributed by atoms with E-state index in [1.165, 1.54) is 38.4 Å². The lowest BCUT2D eigenvalue weighted by molar-refractivity contribution is 0.0688. The van der Waals surface area contributed by atoms with Gasteiger partial charge in [-0.2, -0.15) is 0 Å². The predicted molar refractivity (Wildman–Crippen MR) is 115 cm³/mol. The molecule has 0 aliphatic rings. The predicted octanol–water partition coefficient (Wildman–Crippen LogP) is 2.30. The zero-order valence-corrected chi connectivity index (χ0v) is 18.3. The largest absolute Gasteiger partial charge is 0.495 e. The van der Waals surface area contributed by atoms with Crippen LogP contribution in [0.1, 0.15) is 16.8 Å². The van der Waals surface area contributed by atoms with Crippen molar-refractivity contribution in [3.63, 3.8) is 0 Å². The molecular formula is C21H28N2O6S. The molecule has 0 aliphatic heterocycles. The van der Waals surface area contributed by atoms with Crippen molar-refractivity contribution in [2.75, 3.05) is 51.9 Å². The maximum atomic E-state index is 12.9. The second kappa shape index (κ2) is 11.5. The smallest absolute Gasteiger partial charge is 0.264 e. The van der Waals surface area contributed by atoms with Gasteiger partial charge in [0.2, 0.25) is 0 Å². The van der Waals surface area contributed by atoms with Crippen LogP contribution in [0.15, 0.2) is 53.4 Å². The van der Waals surface area contributed by atoms with Crippen LogP contribution in [-0.4, -0.2) is 62.0 Å². The Morgan fingerprint density at radius 1 is 1.00 bits per heavy atom. The lowest BCUT2D eigenvalue weighted by atomic mass is 10.2. The number of amides is 1. The number of hydrogen-bond acceptors (Lipinski definition) is 6. The molecule has 0 atom stereocenters. The van der Waals surface area contributed by atoms with Gasteiger partial charge in [-0.3, -0.25) is 9.10 Å². The number of nitrogens with zero attached hydrogens (tertiary/aromatic N) is 1. The number of hydrogen-bond donors (Lipinski definition) is 1. The van der Waals surface area contributed by atoms with Gasteiger partial charge < -0.3 is 19.5 Å². The molecule has 2 rings (SSSR count). The van der Waals surface area contributed by atoms with Crippen molar-refractivity contribution in [1.29, 1.82) is 0 Å². The third-order valence-electron chi connectivity index (χ3n) is 4.38. The first-order valence-electron chi connectivity index (χ1n) is 9.48. The van der Waals surface area contributed by atoms with Crippen molar-refractivity contribution < 1.29 is 27.4 Å². The Hall–Kier alpha value is -2.62. The minimum absolute atomic E-state index is 0.0824. The molecule has 0 radical (unpaired) electrons. The lowest BCUT2D eigenvalue weighted by Crippen LogP contribution is -2.27. The zero-order chi connectivity index (χ0) is 22.0. The highest BCUT2D eigenvalue weighted by Crippen LogP contribution is 2.30. The quantitative estimate of drug-likeness (QED) is 0.513. The van der Waals surface area contributed by atoms with E-state index in [-0.39, 0.29) is 10.8 Å². The van der Waals surface area contributed by atoms with Crippen molar-refractivity contribution >= 4 is 21.6 Å². The van der Waals surface area contributed by atoms with Crippen LogP contribution in [-0.2, 0) is 19.5 Å².